The summed E-state index contributed by atoms with van der Waals surface area (Å²) >= 11 is 0. The van der Waals surface area contributed by atoms with Gasteiger partial charge in [0.2, 0.25) is 10.0 Å². The van der Waals surface area contributed by atoms with Crippen LogP contribution in [0.1, 0.15) is 6.92 Å². The fourth-order valence-corrected chi connectivity index (χ4v) is 1.92. The van der Waals surface area contributed by atoms with Crippen molar-refractivity contribution in [1.82, 2.24) is 4.72 Å². The SMILES string of the molecule is CC#CCNS(=O)(=O)CCOc1cccc(N)c1. The minimum absolute atomic E-state index is 0.0678. The molecule has 18 heavy (non-hydrogen) atoms. The number of hydrogen-bond acceptors (Lipinski definition) is 4. The van der Waals surface area contributed by atoms with Crippen LogP contribution in [-0.2, 0) is 10.0 Å². The molecule has 0 aromatic heterocycles. The molecule has 0 aliphatic rings. The molecule has 3 N–H and O–H groups in total. The molecule has 1 aromatic rings. The minimum atomic E-state index is -3.34. The maximum atomic E-state index is 11.5. The molecule has 0 saturated heterocycles. The molecule has 0 fully saturated rings. The van der Waals surface area contributed by atoms with E-state index in [4.69, 9.17) is 10.5 Å². The van der Waals surface area contributed by atoms with Crippen LogP contribution in [-0.4, -0.2) is 27.3 Å². The number of nitrogen functional groups attached to an aromatic ring is 1. The average molecular weight is 268 g/mol. The Morgan fingerprint density at radius 3 is 2.89 bits per heavy atom. The van der Waals surface area contributed by atoms with Crippen LogP contribution in [0, 0.1) is 11.8 Å². The Balaban J connectivity index is 2.38. The highest BCUT2D eigenvalue weighted by molar-refractivity contribution is 7.89. The van der Waals surface area contributed by atoms with Gasteiger partial charge in [-0.15, -0.1) is 5.92 Å². The molecule has 0 spiro atoms. The summed E-state index contributed by atoms with van der Waals surface area (Å²) in [6.07, 6.45) is 0. The summed E-state index contributed by atoms with van der Waals surface area (Å²) in [5, 5.41) is 0. The third-order valence-electron chi connectivity index (χ3n) is 2.04. The van der Waals surface area contributed by atoms with Gasteiger partial charge < -0.3 is 10.5 Å². The summed E-state index contributed by atoms with van der Waals surface area (Å²) in [5.41, 5.74) is 6.15. The maximum Gasteiger partial charge on any atom is 0.215 e. The summed E-state index contributed by atoms with van der Waals surface area (Å²) in [5.74, 6) is 5.67. The molecule has 98 valence electrons. The normalized spacial score (nSPS) is 10.5. The van der Waals surface area contributed by atoms with Crippen LogP contribution >= 0.6 is 0 Å². The predicted molar refractivity (Wildman–Crippen MR) is 71.6 cm³/mol. The van der Waals surface area contributed by atoms with Gasteiger partial charge in [-0.3, -0.25) is 0 Å². The van der Waals surface area contributed by atoms with Gasteiger partial charge in [-0.2, -0.15) is 0 Å². The van der Waals surface area contributed by atoms with Crippen molar-refractivity contribution in [3.8, 4) is 17.6 Å². The van der Waals surface area contributed by atoms with Crippen molar-refractivity contribution in [3.63, 3.8) is 0 Å². The van der Waals surface area contributed by atoms with Gasteiger partial charge in [-0.1, -0.05) is 12.0 Å². The van der Waals surface area contributed by atoms with Crippen molar-refractivity contribution in [2.75, 3.05) is 24.6 Å². The molecule has 5 nitrogen and oxygen atoms in total. The lowest BCUT2D eigenvalue weighted by Gasteiger charge is -2.07. The smallest absolute Gasteiger partial charge is 0.215 e. The lowest BCUT2D eigenvalue weighted by atomic mass is 10.3. The number of sulfonamides is 1. The molecule has 6 heteroatoms. The van der Waals surface area contributed by atoms with Crippen molar-refractivity contribution < 1.29 is 13.2 Å². The zero-order valence-corrected chi connectivity index (χ0v) is 11.0. The van der Waals surface area contributed by atoms with E-state index in [1.807, 2.05) is 0 Å². The summed E-state index contributed by atoms with van der Waals surface area (Å²) < 4.78 is 30.6. The molecule has 0 aliphatic heterocycles. The Bertz CT molecular complexity index is 544. The Hall–Kier alpha value is -1.71. The van der Waals surface area contributed by atoms with Gasteiger partial charge in [-0.25, -0.2) is 13.1 Å². The molecular formula is C12H16N2O3S. The average Bonchev–Trinajstić information content (AvgIpc) is 2.29. The third-order valence-corrected chi connectivity index (χ3v) is 3.32. The van der Waals surface area contributed by atoms with Crippen LogP contribution in [0.2, 0.25) is 0 Å². The van der Waals surface area contributed by atoms with E-state index in [1.54, 1.807) is 31.2 Å². The van der Waals surface area contributed by atoms with E-state index in [0.29, 0.717) is 11.4 Å². The molecule has 0 atom stereocenters. The molecule has 0 aliphatic carbocycles. The summed E-state index contributed by atoms with van der Waals surface area (Å²) in [6, 6.07) is 6.84. The molecule has 0 radical (unpaired) electrons. The van der Waals surface area contributed by atoms with Crippen molar-refractivity contribution in [3.05, 3.63) is 24.3 Å². The van der Waals surface area contributed by atoms with E-state index in [2.05, 4.69) is 16.6 Å². The summed E-state index contributed by atoms with van der Waals surface area (Å²) in [6.45, 7) is 1.84. The highest BCUT2D eigenvalue weighted by atomic mass is 32.2. The quantitative estimate of drug-likeness (QED) is 0.584. The van der Waals surface area contributed by atoms with E-state index in [-0.39, 0.29) is 18.9 Å². The first kappa shape index (κ1) is 14.4. The van der Waals surface area contributed by atoms with Gasteiger partial charge in [0.25, 0.3) is 0 Å². The largest absolute Gasteiger partial charge is 0.492 e. The molecule has 0 bridgehead atoms. The fraction of sp³-hybridized carbons (Fsp3) is 0.333. The van der Waals surface area contributed by atoms with Gasteiger partial charge in [0.05, 0.1) is 12.3 Å². The molecule has 0 unspecified atom stereocenters. The lowest BCUT2D eigenvalue weighted by molar-refractivity contribution is 0.340. The number of benzene rings is 1. The zero-order chi connectivity index (χ0) is 13.4. The highest BCUT2D eigenvalue weighted by Gasteiger charge is 2.08. The van der Waals surface area contributed by atoms with Crippen LogP contribution in [0.15, 0.2) is 24.3 Å². The van der Waals surface area contributed by atoms with Crippen LogP contribution in [0.3, 0.4) is 0 Å². The lowest BCUT2D eigenvalue weighted by Crippen LogP contribution is -2.29. The second kappa shape index (κ2) is 6.89. The van der Waals surface area contributed by atoms with Crippen molar-refractivity contribution in [2.45, 2.75) is 6.92 Å². The maximum absolute atomic E-state index is 11.5. The van der Waals surface area contributed by atoms with Gasteiger partial charge in [0, 0.05) is 11.8 Å². The van der Waals surface area contributed by atoms with Crippen LogP contribution in [0.4, 0.5) is 5.69 Å². The van der Waals surface area contributed by atoms with Gasteiger partial charge >= 0.3 is 0 Å². The Labute approximate surface area is 107 Å². The second-order valence-electron chi connectivity index (χ2n) is 3.49. The van der Waals surface area contributed by atoms with Crippen LogP contribution in [0.5, 0.6) is 5.75 Å². The van der Waals surface area contributed by atoms with Gasteiger partial charge in [-0.05, 0) is 19.1 Å². The van der Waals surface area contributed by atoms with Gasteiger partial charge in [0.15, 0.2) is 0 Å². The van der Waals surface area contributed by atoms with Crippen molar-refractivity contribution in [1.29, 1.82) is 0 Å². The van der Waals surface area contributed by atoms with E-state index in [1.165, 1.54) is 0 Å². The summed E-state index contributed by atoms with van der Waals surface area (Å²) in [4.78, 5) is 0. The Morgan fingerprint density at radius 1 is 1.44 bits per heavy atom. The van der Waals surface area contributed by atoms with Gasteiger partial charge in [0.1, 0.15) is 12.4 Å². The summed E-state index contributed by atoms with van der Waals surface area (Å²) in [7, 11) is -3.34. The van der Waals surface area contributed by atoms with E-state index >= 15 is 0 Å². The first-order chi connectivity index (χ1) is 8.53. The Morgan fingerprint density at radius 2 is 2.22 bits per heavy atom. The number of ether oxygens (including phenoxy) is 1. The molecular weight excluding hydrogens is 252 g/mol. The molecule has 1 rings (SSSR count). The number of nitrogens with one attached hydrogen (secondary N) is 1. The van der Waals surface area contributed by atoms with E-state index in [0.717, 1.165) is 0 Å². The molecule has 1 aromatic carbocycles. The standard InChI is InChI=1S/C12H16N2O3S/c1-2-3-7-14-18(15,16)9-8-17-12-6-4-5-11(13)10-12/h4-6,10,14H,7-9,13H2,1H3. The predicted octanol–water partition coefficient (Wildman–Crippen LogP) is 0.590. The molecule has 0 saturated carbocycles. The first-order valence-corrected chi connectivity index (χ1v) is 7.04. The topological polar surface area (TPSA) is 81.4 Å². The monoisotopic (exact) mass is 268 g/mol. The fourth-order valence-electron chi connectivity index (χ4n) is 1.18. The van der Waals surface area contributed by atoms with Crippen LogP contribution in [0.25, 0.3) is 0 Å². The number of nitrogens with two attached hydrogens (primary N) is 1. The van der Waals surface area contributed by atoms with Crippen molar-refractivity contribution in [2.24, 2.45) is 0 Å². The number of anilines is 1. The first-order valence-electron chi connectivity index (χ1n) is 5.39. The second-order valence-corrected chi connectivity index (χ2v) is 5.41. The molecule has 0 amide bonds. The number of rotatable bonds is 6. The third kappa shape index (κ3) is 5.57. The van der Waals surface area contributed by atoms with E-state index < -0.39 is 10.0 Å². The van der Waals surface area contributed by atoms with E-state index in [9.17, 15) is 8.42 Å². The zero-order valence-electron chi connectivity index (χ0n) is 10.1. The number of hydrogen-bond donors (Lipinski definition) is 2. The highest BCUT2D eigenvalue weighted by Crippen LogP contribution is 2.14. The minimum Gasteiger partial charge on any atom is -0.492 e. The molecule has 0 heterocycles. The van der Waals surface area contributed by atoms with Crippen molar-refractivity contribution >= 4 is 15.7 Å². The van der Waals surface area contributed by atoms with Crippen LogP contribution < -0.4 is 15.2 Å². The Kier molecular flexibility index (Phi) is 5.49.